The van der Waals surface area contributed by atoms with Gasteiger partial charge in [-0.1, -0.05) is 26.0 Å². The van der Waals surface area contributed by atoms with Gasteiger partial charge in [0.2, 0.25) is 5.91 Å². The Morgan fingerprint density at radius 3 is 2.43 bits per heavy atom. The van der Waals surface area contributed by atoms with E-state index in [1.54, 1.807) is 19.1 Å². The Labute approximate surface area is 137 Å². The van der Waals surface area contributed by atoms with Gasteiger partial charge in [-0.25, -0.2) is 4.39 Å². The van der Waals surface area contributed by atoms with Crippen LogP contribution in [0.2, 0.25) is 0 Å². The SMILES string of the molecule is CC(C)C(C)(O)CNC(=O)C1(c2ccc(F)cc2)CCOCC1. The maximum Gasteiger partial charge on any atom is 0.230 e. The predicted octanol–water partition coefficient (Wildman–Crippen LogP) is 2.40. The second-order valence-corrected chi connectivity index (χ2v) is 6.90. The highest BCUT2D eigenvalue weighted by Gasteiger charge is 2.42. The van der Waals surface area contributed by atoms with Gasteiger partial charge in [0.05, 0.1) is 11.0 Å². The van der Waals surface area contributed by atoms with Crippen LogP contribution in [0, 0.1) is 11.7 Å². The molecule has 5 heteroatoms. The summed E-state index contributed by atoms with van der Waals surface area (Å²) < 4.78 is 18.6. The van der Waals surface area contributed by atoms with E-state index in [0.717, 1.165) is 5.56 Å². The number of halogens is 1. The van der Waals surface area contributed by atoms with Gasteiger partial charge in [-0.05, 0) is 43.4 Å². The van der Waals surface area contributed by atoms with Crippen molar-refractivity contribution < 1.29 is 19.0 Å². The Hall–Kier alpha value is -1.46. The maximum atomic E-state index is 13.2. The summed E-state index contributed by atoms with van der Waals surface area (Å²) in [5, 5.41) is 13.2. The molecule has 128 valence electrons. The van der Waals surface area contributed by atoms with E-state index in [-0.39, 0.29) is 24.2 Å². The number of hydrogen-bond donors (Lipinski definition) is 2. The lowest BCUT2D eigenvalue weighted by atomic mass is 9.73. The molecular formula is C18H26FNO3. The smallest absolute Gasteiger partial charge is 0.230 e. The number of ether oxygens (including phenoxy) is 1. The fourth-order valence-electron chi connectivity index (χ4n) is 2.77. The number of hydrogen-bond acceptors (Lipinski definition) is 3. The van der Waals surface area contributed by atoms with Gasteiger partial charge in [-0.2, -0.15) is 0 Å². The number of carbonyl (C=O) groups is 1. The largest absolute Gasteiger partial charge is 0.388 e. The quantitative estimate of drug-likeness (QED) is 0.875. The average Bonchev–Trinajstić information content (AvgIpc) is 2.53. The standard InChI is InChI=1S/C18H26FNO3/c1-13(2)17(3,22)12-20-16(21)18(8-10-23-11-9-18)14-4-6-15(19)7-5-14/h4-7,13,22H,8-12H2,1-3H3,(H,20,21). The molecule has 0 aliphatic carbocycles. The van der Waals surface area contributed by atoms with Crippen molar-refractivity contribution in [2.75, 3.05) is 19.8 Å². The van der Waals surface area contributed by atoms with E-state index in [1.807, 2.05) is 13.8 Å². The van der Waals surface area contributed by atoms with Crippen LogP contribution < -0.4 is 5.32 Å². The Bertz CT molecular complexity index is 534. The molecule has 0 bridgehead atoms. The van der Waals surface area contributed by atoms with Crippen LogP contribution in [0.3, 0.4) is 0 Å². The van der Waals surface area contributed by atoms with Crippen LogP contribution in [0.1, 0.15) is 39.2 Å². The molecule has 1 fully saturated rings. The summed E-state index contributed by atoms with van der Waals surface area (Å²) in [7, 11) is 0. The van der Waals surface area contributed by atoms with E-state index in [2.05, 4.69) is 5.32 Å². The summed E-state index contributed by atoms with van der Waals surface area (Å²) in [4.78, 5) is 12.9. The molecule has 1 amide bonds. The van der Waals surface area contributed by atoms with Crippen molar-refractivity contribution in [3.63, 3.8) is 0 Å². The van der Waals surface area contributed by atoms with Crippen molar-refractivity contribution in [2.24, 2.45) is 5.92 Å². The average molecular weight is 323 g/mol. The van der Waals surface area contributed by atoms with Crippen LogP contribution >= 0.6 is 0 Å². The van der Waals surface area contributed by atoms with Crippen LogP contribution in [0.15, 0.2) is 24.3 Å². The minimum atomic E-state index is -0.967. The van der Waals surface area contributed by atoms with Crippen LogP contribution in [-0.2, 0) is 14.9 Å². The molecule has 4 nitrogen and oxygen atoms in total. The molecule has 0 saturated carbocycles. The monoisotopic (exact) mass is 323 g/mol. The molecule has 1 aromatic rings. The first-order chi connectivity index (χ1) is 10.8. The Kier molecular flexibility index (Phi) is 5.42. The first-order valence-electron chi connectivity index (χ1n) is 8.12. The highest BCUT2D eigenvalue weighted by Crippen LogP contribution is 2.35. The number of carbonyl (C=O) groups excluding carboxylic acids is 1. The summed E-state index contributed by atoms with van der Waals surface area (Å²) in [6.45, 7) is 6.71. The van der Waals surface area contributed by atoms with E-state index in [9.17, 15) is 14.3 Å². The van der Waals surface area contributed by atoms with Crippen molar-refractivity contribution in [1.29, 1.82) is 0 Å². The summed E-state index contributed by atoms with van der Waals surface area (Å²) in [6.07, 6.45) is 1.10. The molecule has 1 aromatic carbocycles. The minimum absolute atomic E-state index is 0.0271. The van der Waals surface area contributed by atoms with E-state index < -0.39 is 11.0 Å². The fourth-order valence-corrected chi connectivity index (χ4v) is 2.77. The van der Waals surface area contributed by atoms with E-state index in [0.29, 0.717) is 26.1 Å². The molecule has 0 aromatic heterocycles. The van der Waals surface area contributed by atoms with Gasteiger partial charge >= 0.3 is 0 Å². The van der Waals surface area contributed by atoms with E-state index in [1.165, 1.54) is 12.1 Å². The highest BCUT2D eigenvalue weighted by atomic mass is 19.1. The fraction of sp³-hybridized carbons (Fsp3) is 0.611. The van der Waals surface area contributed by atoms with Gasteiger partial charge in [0.1, 0.15) is 5.82 Å². The third kappa shape index (κ3) is 3.90. The van der Waals surface area contributed by atoms with Gasteiger partial charge in [-0.15, -0.1) is 0 Å². The number of benzene rings is 1. The molecule has 2 N–H and O–H groups in total. The van der Waals surface area contributed by atoms with E-state index >= 15 is 0 Å². The number of aliphatic hydroxyl groups is 1. The number of amides is 1. The van der Waals surface area contributed by atoms with Crippen molar-refractivity contribution in [1.82, 2.24) is 5.32 Å². The summed E-state index contributed by atoms with van der Waals surface area (Å²) >= 11 is 0. The Morgan fingerprint density at radius 2 is 1.91 bits per heavy atom. The molecule has 1 aliphatic heterocycles. The summed E-state index contributed by atoms with van der Waals surface area (Å²) in [5.41, 5.74) is -0.895. The molecule has 1 saturated heterocycles. The van der Waals surface area contributed by atoms with Gasteiger partial charge in [0.25, 0.3) is 0 Å². The van der Waals surface area contributed by atoms with E-state index in [4.69, 9.17) is 4.74 Å². The first-order valence-corrected chi connectivity index (χ1v) is 8.12. The maximum absolute atomic E-state index is 13.2. The lowest BCUT2D eigenvalue weighted by Crippen LogP contribution is -2.52. The van der Waals surface area contributed by atoms with Crippen molar-refractivity contribution >= 4 is 5.91 Å². The van der Waals surface area contributed by atoms with Crippen LogP contribution in [-0.4, -0.2) is 36.4 Å². The van der Waals surface area contributed by atoms with Crippen molar-refractivity contribution in [3.05, 3.63) is 35.6 Å². The lowest BCUT2D eigenvalue weighted by molar-refractivity contribution is -0.132. The molecular weight excluding hydrogens is 297 g/mol. The molecule has 0 radical (unpaired) electrons. The minimum Gasteiger partial charge on any atom is -0.388 e. The van der Waals surface area contributed by atoms with Gasteiger partial charge in [-0.3, -0.25) is 4.79 Å². The Morgan fingerprint density at radius 1 is 1.35 bits per heavy atom. The molecule has 2 rings (SSSR count). The highest BCUT2D eigenvalue weighted by molar-refractivity contribution is 5.88. The zero-order chi connectivity index (χ0) is 17.1. The third-order valence-corrected chi connectivity index (χ3v) is 5.03. The molecule has 1 atom stereocenters. The Balaban J connectivity index is 2.21. The van der Waals surface area contributed by atoms with Crippen LogP contribution in [0.25, 0.3) is 0 Å². The normalized spacial score (nSPS) is 20.1. The summed E-state index contributed by atoms with van der Waals surface area (Å²) in [6, 6.07) is 6.09. The topological polar surface area (TPSA) is 58.6 Å². The second-order valence-electron chi connectivity index (χ2n) is 6.90. The van der Waals surface area contributed by atoms with Crippen molar-refractivity contribution in [3.8, 4) is 0 Å². The molecule has 1 heterocycles. The summed E-state index contributed by atoms with van der Waals surface area (Å²) in [5.74, 6) is -0.424. The lowest BCUT2D eigenvalue weighted by Gasteiger charge is -2.37. The molecule has 23 heavy (non-hydrogen) atoms. The van der Waals surface area contributed by atoms with Gasteiger partial charge in [0.15, 0.2) is 0 Å². The number of nitrogens with one attached hydrogen (secondary N) is 1. The first kappa shape index (κ1) is 17.9. The number of rotatable bonds is 5. The van der Waals surface area contributed by atoms with Crippen molar-refractivity contribution in [2.45, 2.75) is 44.6 Å². The predicted molar refractivity (Wildman–Crippen MR) is 86.6 cm³/mol. The third-order valence-electron chi connectivity index (χ3n) is 5.03. The zero-order valence-corrected chi connectivity index (χ0v) is 14.1. The second kappa shape index (κ2) is 6.97. The van der Waals surface area contributed by atoms with Crippen LogP contribution in [0.4, 0.5) is 4.39 Å². The molecule has 0 spiro atoms. The molecule has 1 aliphatic rings. The van der Waals surface area contributed by atoms with Gasteiger partial charge in [0, 0.05) is 19.8 Å². The zero-order valence-electron chi connectivity index (χ0n) is 14.1. The van der Waals surface area contributed by atoms with Crippen LogP contribution in [0.5, 0.6) is 0 Å². The molecule has 1 unspecified atom stereocenters. The van der Waals surface area contributed by atoms with Gasteiger partial charge < -0.3 is 15.2 Å².